The van der Waals surface area contributed by atoms with Gasteiger partial charge in [-0.05, 0) is 11.8 Å². The Hall–Kier alpha value is -0.570. The lowest BCUT2D eigenvalue weighted by atomic mass is 9.88. The average molecular weight is 227 g/mol. The molecule has 0 spiro atoms. The van der Waals surface area contributed by atoms with E-state index in [0.29, 0.717) is 6.61 Å². The highest BCUT2D eigenvalue weighted by atomic mass is 16.5. The molecule has 1 aliphatic heterocycles. The van der Waals surface area contributed by atoms with Gasteiger partial charge in [0.2, 0.25) is 5.91 Å². The molecule has 1 atom stereocenters. The Morgan fingerprint density at radius 1 is 1.44 bits per heavy atom. The summed E-state index contributed by atoms with van der Waals surface area (Å²) in [5.41, 5.74) is 0.258. The molecule has 3 nitrogen and oxygen atoms in total. The number of carbonyl (C=O) groups excluding carboxylic acids is 1. The molecule has 1 heterocycles. The van der Waals surface area contributed by atoms with Gasteiger partial charge in [-0.2, -0.15) is 0 Å². The van der Waals surface area contributed by atoms with E-state index in [2.05, 4.69) is 20.8 Å². The lowest BCUT2D eigenvalue weighted by molar-refractivity contribution is -0.143. The number of nitrogens with zero attached hydrogens (tertiary/aromatic N) is 1. The first-order chi connectivity index (χ1) is 7.29. The van der Waals surface area contributed by atoms with Crippen LogP contribution in [0.15, 0.2) is 0 Å². The summed E-state index contributed by atoms with van der Waals surface area (Å²) in [6.07, 6.45) is 1.21. The van der Waals surface area contributed by atoms with E-state index >= 15 is 0 Å². The molecular formula is C13H25NO2. The molecule has 1 saturated heterocycles. The molecule has 0 aromatic heterocycles. The molecule has 0 aliphatic carbocycles. The fourth-order valence-electron chi connectivity index (χ4n) is 2.09. The number of ether oxygens (including phenoxy) is 1. The Balaban J connectivity index is 2.50. The predicted octanol–water partition coefficient (Wildman–Crippen LogP) is 2.31. The monoisotopic (exact) mass is 227 g/mol. The average Bonchev–Trinajstić information content (AvgIpc) is 2.14. The summed E-state index contributed by atoms with van der Waals surface area (Å²) in [4.78, 5) is 13.8. The van der Waals surface area contributed by atoms with Crippen molar-refractivity contribution in [1.82, 2.24) is 4.90 Å². The Morgan fingerprint density at radius 3 is 2.56 bits per heavy atom. The third kappa shape index (κ3) is 4.12. The molecule has 0 radical (unpaired) electrons. The van der Waals surface area contributed by atoms with Gasteiger partial charge in [0.15, 0.2) is 0 Å². The molecule has 1 amide bonds. The van der Waals surface area contributed by atoms with Crippen molar-refractivity contribution in [3.63, 3.8) is 0 Å². The number of hydrogen-bond donors (Lipinski definition) is 0. The summed E-state index contributed by atoms with van der Waals surface area (Å²) < 4.78 is 5.72. The molecule has 0 aromatic rings. The smallest absolute Gasteiger partial charge is 0.225 e. The summed E-state index contributed by atoms with van der Waals surface area (Å²) in [6, 6.07) is 0. The van der Waals surface area contributed by atoms with Gasteiger partial charge in [0.1, 0.15) is 0 Å². The Kier molecular flexibility index (Phi) is 4.36. The van der Waals surface area contributed by atoms with E-state index in [1.807, 2.05) is 18.7 Å². The number of amides is 1. The van der Waals surface area contributed by atoms with Gasteiger partial charge in [-0.1, -0.05) is 34.6 Å². The zero-order valence-corrected chi connectivity index (χ0v) is 11.2. The molecule has 0 aromatic carbocycles. The van der Waals surface area contributed by atoms with Crippen molar-refractivity contribution in [2.24, 2.45) is 11.3 Å². The minimum absolute atomic E-state index is 0.0911. The molecule has 0 saturated carbocycles. The fourth-order valence-corrected chi connectivity index (χ4v) is 2.09. The van der Waals surface area contributed by atoms with Crippen LogP contribution in [0.1, 0.15) is 41.0 Å². The van der Waals surface area contributed by atoms with Crippen LogP contribution in [0, 0.1) is 11.3 Å². The van der Waals surface area contributed by atoms with Crippen molar-refractivity contribution in [1.29, 1.82) is 0 Å². The van der Waals surface area contributed by atoms with Crippen LogP contribution in [0.25, 0.3) is 0 Å². The molecule has 3 heteroatoms. The van der Waals surface area contributed by atoms with Crippen LogP contribution in [0.4, 0.5) is 0 Å². The Bertz CT molecular complexity index is 243. The second-order valence-corrected chi connectivity index (χ2v) is 6.20. The first-order valence-corrected chi connectivity index (χ1v) is 6.20. The van der Waals surface area contributed by atoms with Gasteiger partial charge in [0.25, 0.3) is 0 Å². The van der Waals surface area contributed by atoms with Crippen LogP contribution in [-0.4, -0.2) is 36.6 Å². The number of carbonyl (C=O) groups is 1. The van der Waals surface area contributed by atoms with Gasteiger partial charge < -0.3 is 9.64 Å². The Morgan fingerprint density at radius 2 is 2.06 bits per heavy atom. The normalized spacial score (nSPS) is 22.6. The van der Waals surface area contributed by atoms with Crippen LogP contribution in [0.5, 0.6) is 0 Å². The van der Waals surface area contributed by atoms with Crippen molar-refractivity contribution in [3.8, 4) is 0 Å². The molecule has 0 bridgehead atoms. The van der Waals surface area contributed by atoms with Crippen LogP contribution >= 0.6 is 0 Å². The first-order valence-electron chi connectivity index (χ1n) is 6.20. The number of rotatable bonds is 2. The van der Waals surface area contributed by atoms with Crippen LogP contribution in [0.3, 0.4) is 0 Å². The molecule has 1 fully saturated rings. The fraction of sp³-hybridized carbons (Fsp3) is 0.923. The third-order valence-electron chi connectivity index (χ3n) is 2.78. The van der Waals surface area contributed by atoms with Crippen molar-refractivity contribution >= 4 is 5.91 Å². The lowest BCUT2D eigenvalue weighted by Crippen LogP contribution is -2.47. The minimum Gasteiger partial charge on any atom is -0.375 e. The summed E-state index contributed by atoms with van der Waals surface area (Å²) in [7, 11) is 0. The van der Waals surface area contributed by atoms with Gasteiger partial charge in [-0.3, -0.25) is 4.79 Å². The van der Waals surface area contributed by atoms with Gasteiger partial charge in [0, 0.05) is 19.0 Å². The van der Waals surface area contributed by atoms with Crippen molar-refractivity contribution < 1.29 is 9.53 Å². The van der Waals surface area contributed by atoms with E-state index in [9.17, 15) is 4.79 Å². The summed E-state index contributed by atoms with van der Waals surface area (Å²) in [6.45, 7) is 12.7. The van der Waals surface area contributed by atoms with Crippen LogP contribution in [-0.2, 0) is 9.53 Å². The molecule has 1 aliphatic rings. The highest BCUT2D eigenvalue weighted by Gasteiger charge is 2.28. The van der Waals surface area contributed by atoms with E-state index in [1.165, 1.54) is 0 Å². The van der Waals surface area contributed by atoms with E-state index < -0.39 is 0 Å². The van der Waals surface area contributed by atoms with Gasteiger partial charge in [-0.15, -0.1) is 0 Å². The SMILES string of the molecule is CC(C)C(=O)N1CCO[C@@H](CC(C)(C)C)C1. The number of hydrogen-bond acceptors (Lipinski definition) is 2. The molecule has 0 N–H and O–H groups in total. The Labute approximate surface area is 99.1 Å². The maximum Gasteiger partial charge on any atom is 0.225 e. The predicted molar refractivity (Wildman–Crippen MR) is 65.2 cm³/mol. The standard InChI is InChI=1S/C13H25NO2/c1-10(2)12(15)14-6-7-16-11(9-14)8-13(3,4)5/h10-11H,6-9H2,1-5H3/t11-/m0/s1. The number of morpholine rings is 1. The van der Waals surface area contributed by atoms with Gasteiger partial charge in [-0.25, -0.2) is 0 Å². The van der Waals surface area contributed by atoms with E-state index in [4.69, 9.17) is 4.74 Å². The summed E-state index contributed by atoms with van der Waals surface area (Å²) >= 11 is 0. The molecule has 1 rings (SSSR count). The minimum atomic E-state index is 0.0911. The van der Waals surface area contributed by atoms with Crippen LogP contribution < -0.4 is 0 Å². The second-order valence-electron chi connectivity index (χ2n) is 6.20. The largest absolute Gasteiger partial charge is 0.375 e. The molecule has 16 heavy (non-hydrogen) atoms. The van der Waals surface area contributed by atoms with Gasteiger partial charge in [0.05, 0.1) is 12.7 Å². The highest BCUT2D eigenvalue weighted by Crippen LogP contribution is 2.24. The zero-order valence-electron chi connectivity index (χ0n) is 11.2. The zero-order chi connectivity index (χ0) is 12.3. The quantitative estimate of drug-likeness (QED) is 0.724. The summed E-state index contributed by atoms with van der Waals surface area (Å²) in [5.74, 6) is 0.343. The maximum absolute atomic E-state index is 11.9. The molecule has 94 valence electrons. The molecular weight excluding hydrogens is 202 g/mol. The highest BCUT2D eigenvalue weighted by molar-refractivity contribution is 5.78. The van der Waals surface area contributed by atoms with Crippen molar-refractivity contribution in [3.05, 3.63) is 0 Å². The van der Waals surface area contributed by atoms with E-state index in [0.717, 1.165) is 19.5 Å². The van der Waals surface area contributed by atoms with E-state index in [1.54, 1.807) is 0 Å². The second kappa shape index (κ2) is 5.17. The first kappa shape index (κ1) is 13.5. The maximum atomic E-state index is 11.9. The summed E-state index contributed by atoms with van der Waals surface area (Å²) in [5, 5.41) is 0. The topological polar surface area (TPSA) is 29.5 Å². The third-order valence-corrected chi connectivity index (χ3v) is 2.78. The van der Waals surface area contributed by atoms with Gasteiger partial charge >= 0.3 is 0 Å². The van der Waals surface area contributed by atoms with Crippen molar-refractivity contribution in [2.75, 3.05) is 19.7 Å². The van der Waals surface area contributed by atoms with Crippen LogP contribution in [0.2, 0.25) is 0 Å². The lowest BCUT2D eigenvalue weighted by Gasteiger charge is -2.36. The van der Waals surface area contributed by atoms with Crippen molar-refractivity contribution in [2.45, 2.75) is 47.1 Å². The van der Waals surface area contributed by atoms with E-state index in [-0.39, 0.29) is 23.3 Å². The molecule has 0 unspecified atom stereocenters.